The molecule has 0 unspecified atom stereocenters. The predicted molar refractivity (Wildman–Crippen MR) is 24.4 cm³/mol. The molecule has 4 heteroatoms. The molecule has 0 amide bonds. The zero-order valence-electron chi connectivity index (χ0n) is 3.20. The van der Waals surface area contributed by atoms with Crippen LogP contribution in [0.5, 0.6) is 0 Å². The van der Waals surface area contributed by atoms with Gasteiger partial charge in [0.2, 0.25) is 0 Å². The highest BCUT2D eigenvalue weighted by atomic mass is 32.1. The maximum absolute atomic E-state index is 7.80. The number of rotatable bonds is 1. The Morgan fingerprint density at radius 2 is 1.67 bits per heavy atom. The third kappa shape index (κ3) is 52.2. The molecule has 3 nitrogen and oxygen atoms in total. The molecule has 0 bridgehead atoms. The summed E-state index contributed by atoms with van der Waals surface area (Å²) >= 11 is 3.67. The molecule has 0 saturated carbocycles. The fourth-order valence-corrected chi connectivity index (χ4v) is 0. The molecule has 0 heterocycles. The van der Waals surface area contributed by atoms with Gasteiger partial charge in [-0.05, 0) is 0 Å². The minimum atomic E-state index is 0.184. The Labute approximate surface area is 41.8 Å². The largest absolute Gasteiger partial charge is 0.396 e. The summed E-state index contributed by atoms with van der Waals surface area (Å²) in [5.74, 6) is 0.569. The van der Waals surface area contributed by atoms with Gasteiger partial charge in [-0.1, -0.05) is 0 Å². The SMILES string of the molecule is N#N.OCCS. The Bertz CT molecular complexity index is 28.0. The molecule has 1 N–H and O–H groups in total. The average molecular weight is 106 g/mol. The van der Waals surface area contributed by atoms with E-state index in [9.17, 15) is 0 Å². The summed E-state index contributed by atoms with van der Waals surface area (Å²) in [4.78, 5) is 0. The maximum atomic E-state index is 7.80. The minimum Gasteiger partial charge on any atom is -0.396 e. The Hall–Kier alpha value is -0.270. The van der Waals surface area contributed by atoms with Crippen LogP contribution in [0.25, 0.3) is 0 Å². The summed E-state index contributed by atoms with van der Waals surface area (Å²) in [6.45, 7) is 0.184. The van der Waals surface area contributed by atoms with E-state index in [-0.39, 0.29) is 6.61 Å². The fraction of sp³-hybridized carbons (Fsp3) is 1.00. The first-order valence-corrected chi connectivity index (χ1v) is 1.96. The van der Waals surface area contributed by atoms with E-state index in [2.05, 4.69) is 12.6 Å². The van der Waals surface area contributed by atoms with Crippen molar-refractivity contribution >= 4 is 12.6 Å². The molecule has 6 heavy (non-hydrogen) atoms. The fourth-order valence-electron chi connectivity index (χ4n) is 0. The van der Waals surface area contributed by atoms with Crippen LogP contribution in [0, 0.1) is 10.8 Å². The lowest BCUT2D eigenvalue weighted by Gasteiger charge is -1.69. The van der Waals surface area contributed by atoms with Crippen LogP contribution in [0.1, 0.15) is 0 Å². The van der Waals surface area contributed by atoms with Gasteiger partial charge in [0, 0.05) is 16.5 Å². The number of aliphatic hydroxyl groups is 1. The van der Waals surface area contributed by atoms with Crippen molar-refractivity contribution in [2.75, 3.05) is 12.4 Å². The molecule has 0 atom stereocenters. The van der Waals surface area contributed by atoms with Gasteiger partial charge < -0.3 is 5.11 Å². The van der Waals surface area contributed by atoms with Crippen molar-refractivity contribution in [3.05, 3.63) is 0 Å². The minimum absolute atomic E-state index is 0.184. The van der Waals surface area contributed by atoms with Gasteiger partial charge in [0.15, 0.2) is 0 Å². The number of thiol groups is 1. The molecule has 0 aromatic rings. The molecule has 0 spiro atoms. The lowest BCUT2D eigenvalue weighted by Crippen LogP contribution is -1.76. The van der Waals surface area contributed by atoms with Crippen LogP contribution in [0.2, 0.25) is 0 Å². The molecule has 0 aromatic heterocycles. The van der Waals surface area contributed by atoms with E-state index < -0.39 is 0 Å². The van der Waals surface area contributed by atoms with Crippen molar-refractivity contribution in [2.24, 2.45) is 0 Å². The van der Waals surface area contributed by atoms with Gasteiger partial charge in [0.1, 0.15) is 0 Å². The highest BCUT2D eigenvalue weighted by Crippen LogP contribution is 1.61. The summed E-state index contributed by atoms with van der Waals surface area (Å²) in [5, 5.41) is 19.8. The summed E-state index contributed by atoms with van der Waals surface area (Å²) in [5.41, 5.74) is 0. The highest BCUT2D eigenvalue weighted by Gasteiger charge is 1.57. The maximum Gasteiger partial charge on any atom is 0.0519 e. The van der Waals surface area contributed by atoms with Crippen LogP contribution in [-0.4, -0.2) is 17.5 Å². The van der Waals surface area contributed by atoms with Gasteiger partial charge >= 0.3 is 0 Å². The normalized spacial score (nSPS) is 5.33. The number of hydrogen-bond donors (Lipinski definition) is 2. The lowest BCUT2D eigenvalue weighted by atomic mass is 10.9. The van der Waals surface area contributed by atoms with Crippen molar-refractivity contribution in [1.82, 2.24) is 0 Å². The molecule has 0 aliphatic rings. The first kappa shape index (κ1) is 9.21. The lowest BCUT2D eigenvalue weighted by molar-refractivity contribution is 0.323. The number of aliphatic hydroxyl groups excluding tert-OH is 1. The Balaban J connectivity index is 0. The summed E-state index contributed by atoms with van der Waals surface area (Å²) in [6, 6.07) is 0. The molecule has 0 fully saturated rings. The summed E-state index contributed by atoms with van der Waals surface area (Å²) < 4.78 is 0. The Morgan fingerprint density at radius 1 is 1.50 bits per heavy atom. The third-order valence-electron chi connectivity index (χ3n) is 0.1000. The van der Waals surface area contributed by atoms with Crippen LogP contribution >= 0.6 is 12.6 Å². The molecule has 0 aliphatic carbocycles. The quantitative estimate of drug-likeness (QED) is 0.363. The van der Waals surface area contributed by atoms with Crippen LogP contribution in [0.3, 0.4) is 0 Å². The first-order chi connectivity index (χ1) is 2.91. The Kier molecular flexibility index (Phi) is 33.8. The zero-order chi connectivity index (χ0) is 5.41. The molecule has 0 aliphatic heterocycles. The Morgan fingerprint density at radius 3 is 1.67 bits per heavy atom. The van der Waals surface area contributed by atoms with E-state index in [1.807, 2.05) is 0 Å². The van der Waals surface area contributed by atoms with Crippen LogP contribution in [-0.2, 0) is 0 Å². The van der Waals surface area contributed by atoms with Crippen molar-refractivity contribution < 1.29 is 5.11 Å². The first-order valence-electron chi connectivity index (χ1n) is 1.33. The standard InChI is InChI=1S/C2H6OS.N2/c3-1-2-4;1-2/h3-4H,1-2H2;. The van der Waals surface area contributed by atoms with E-state index in [0.717, 1.165) is 0 Å². The molecule has 36 valence electrons. The number of hydrogen-bond acceptors (Lipinski definition) is 4. The van der Waals surface area contributed by atoms with E-state index in [0.29, 0.717) is 5.75 Å². The second kappa shape index (κ2) is 22.0. The van der Waals surface area contributed by atoms with E-state index >= 15 is 0 Å². The van der Waals surface area contributed by atoms with Gasteiger partial charge in [-0.3, -0.25) is 0 Å². The van der Waals surface area contributed by atoms with Crippen molar-refractivity contribution in [2.45, 2.75) is 0 Å². The average Bonchev–Trinajstić information content (AvgIpc) is 1.72. The van der Waals surface area contributed by atoms with Gasteiger partial charge in [0.25, 0.3) is 0 Å². The second-order valence-electron chi connectivity index (χ2n) is 0.447. The predicted octanol–water partition coefficient (Wildman–Crippen LogP) is -0.0613. The monoisotopic (exact) mass is 106 g/mol. The molecule has 0 rings (SSSR count). The van der Waals surface area contributed by atoms with E-state index in [1.54, 1.807) is 0 Å². The summed E-state index contributed by atoms with van der Waals surface area (Å²) in [6.07, 6.45) is 0. The van der Waals surface area contributed by atoms with Crippen LogP contribution < -0.4 is 0 Å². The van der Waals surface area contributed by atoms with Gasteiger partial charge in [-0.2, -0.15) is 12.6 Å². The molecular formula is C2H6N2OS. The van der Waals surface area contributed by atoms with Gasteiger partial charge in [-0.15, -0.1) is 0 Å². The number of nitrogens with zero attached hydrogens (tertiary/aromatic N) is 2. The molecular weight excluding hydrogens is 100 g/mol. The van der Waals surface area contributed by atoms with Gasteiger partial charge in [0.05, 0.1) is 6.61 Å². The van der Waals surface area contributed by atoms with Crippen molar-refractivity contribution in [3.63, 3.8) is 0 Å². The summed E-state index contributed by atoms with van der Waals surface area (Å²) in [7, 11) is 0. The molecule has 0 saturated heterocycles. The van der Waals surface area contributed by atoms with Crippen LogP contribution in [0.15, 0.2) is 0 Å². The molecule has 0 aromatic carbocycles. The second-order valence-corrected chi connectivity index (χ2v) is 0.894. The van der Waals surface area contributed by atoms with E-state index in [4.69, 9.17) is 15.9 Å². The zero-order valence-corrected chi connectivity index (χ0v) is 4.10. The van der Waals surface area contributed by atoms with Gasteiger partial charge in [-0.25, -0.2) is 0 Å². The van der Waals surface area contributed by atoms with Crippen molar-refractivity contribution in [1.29, 1.82) is 10.8 Å². The molecule has 0 radical (unpaired) electrons. The topological polar surface area (TPSA) is 67.8 Å². The van der Waals surface area contributed by atoms with Crippen molar-refractivity contribution in [3.8, 4) is 0 Å². The van der Waals surface area contributed by atoms with Crippen LogP contribution in [0.4, 0.5) is 0 Å². The third-order valence-corrected chi connectivity index (χ3v) is 0.300. The smallest absolute Gasteiger partial charge is 0.0519 e. The highest BCUT2D eigenvalue weighted by molar-refractivity contribution is 7.80. The van der Waals surface area contributed by atoms with E-state index in [1.165, 1.54) is 0 Å².